The normalized spacial score (nSPS) is 16.5. The second-order valence-corrected chi connectivity index (χ2v) is 10.0. The zero-order chi connectivity index (χ0) is 23.4. The molecule has 6 nitrogen and oxygen atoms in total. The fraction of sp³-hybridized carbons (Fsp3) is 0.240. The first-order chi connectivity index (χ1) is 15.8. The number of amides is 1. The summed E-state index contributed by atoms with van der Waals surface area (Å²) in [6.07, 6.45) is 1.85. The van der Waals surface area contributed by atoms with Gasteiger partial charge in [-0.3, -0.25) is 14.0 Å². The largest absolute Gasteiger partial charge is 0.325 e. The molecule has 0 aromatic heterocycles. The monoisotopic (exact) mass is 467 g/mol. The first-order valence-corrected chi connectivity index (χ1v) is 12.2. The van der Waals surface area contributed by atoms with Crippen LogP contribution in [0.3, 0.4) is 0 Å². The lowest BCUT2D eigenvalue weighted by molar-refractivity contribution is -0.117. The summed E-state index contributed by atoms with van der Waals surface area (Å²) in [4.78, 5) is 14.9. The van der Waals surface area contributed by atoms with Crippen molar-refractivity contribution in [3.05, 3.63) is 90.2 Å². The summed E-state index contributed by atoms with van der Waals surface area (Å²) in [7, 11) is -2.28. The molecule has 1 fully saturated rings. The smallest absolute Gasteiger partial charge is 0.264 e. The highest BCUT2D eigenvalue weighted by Gasteiger charge is 2.28. The summed E-state index contributed by atoms with van der Waals surface area (Å²) in [5.41, 5.74) is 1.95. The van der Waals surface area contributed by atoms with E-state index in [-0.39, 0.29) is 29.2 Å². The number of benzene rings is 3. The number of carbonyl (C=O) groups is 1. The molecule has 1 aliphatic rings. The van der Waals surface area contributed by atoms with Gasteiger partial charge in [0.25, 0.3) is 10.0 Å². The lowest BCUT2D eigenvalue weighted by Crippen LogP contribution is -2.33. The van der Waals surface area contributed by atoms with Crippen LogP contribution in [0.25, 0.3) is 0 Å². The van der Waals surface area contributed by atoms with E-state index in [1.807, 2.05) is 6.07 Å². The Balaban J connectivity index is 1.45. The SMILES string of the molecule is CN(c1ccccc1)S(=O)(=O)c1cccc(NC(=O)CN2CCCC2c2ccc(F)cc2)c1. The number of nitrogens with zero attached hydrogens (tertiary/aromatic N) is 2. The second-order valence-electron chi connectivity index (χ2n) is 8.06. The quantitative estimate of drug-likeness (QED) is 0.558. The Bertz CT molecular complexity index is 1220. The Labute approximate surface area is 193 Å². The molecule has 8 heteroatoms. The molecule has 1 unspecified atom stereocenters. The molecule has 1 aliphatic heterocycles. The second kappa shape index (κ2) is 9.72. The molecule has 3 aromatic carbocycles. The van der Waals surface area contributed by atoms with Crippen LogP contribution in [0.4, 0.5) is 15.8 Å². The van der Waals surface area contributed by atoms with Gasteiger partial charge >= 0.3 is 0 Å². The predicted molar refractivity (Wildman–Crippen MR) is 127 cm³/mol. The van der Waals surface area contributed by atoms with Crippen molar-refractivity contribution in [3.8, 4) is 0 Å². The Morgan fingerprint density at radius 1 is 1.06 bits per heavy atom. The highest BCUT2D eigenvalue weighted by molar-refractivity contribution is 7.92. The van der Waals surface area contributed by atoms with Crippen molar-refractivity contribution in [1.29, 1.82) is 0 Å². The van der Waals surface area contributed by atoms with E-state index in [9.17, 15) is 17.6 Å². The van der Waals surface area contributed by atoms with Crippen LogP contribution in [0.2, 0.25) is 0 Å². The van der Waals surface area contributed by atoms with Gasteiger partial charge in [-0.05, 0) is 67.4 Å². The maximum absolute atomic E-state index is 13.3. The van der Waals surface area contributed by atoms with Crippen molar-refractivity contribution in [1.82, 2.24) is 4.90 Å². The van der Waals surface area contributed by atoms with Crippen LogP contribution >= 0.6 is 0 Å². The minimum atomic E-state index is -3.78. The van der Waals surface area contributed by atoms with E-state index >= 15 is 0 Å². The van der Waals surface area contributed by atoms with E-state index in [0.717, 1.165) is 24.9 Å². The molecule has 0 radical (unpaired) electrons. The van der Waals surface area contributed by atoms with Crippen LogP contribution in [0, 0.1) is 5.82 Å². The first-order valence-electron chi connectivity index (χ1n) is 10.8. The third-order valence-corrected chi connectivity index (χ3v) is 7.64. The number of para-hydroxylation sites is 1. The minimum Gasteiger partial charge on any atom is -0.325 e. The zero-order valence-corrected chi connectivity index (χ0v) is 19.1. The topological polar surface area (TPSA) is 69.7 Å². The molecular formula is C25H26FN3O3S. The lowest BCUT2D eigenvalue weighted by atomic mass is 10.0. The molecule has 0 saturated carbocycles. The van der Waals surface area contributed by atoms with E-state index in [2.05, 4.69) is 10.2 Å². The van der Waals surface area contributed by atoms with Gasteiger partial charge in [0.15, 0.2) is 0 Å². The average Bonchev–Trinajstić information content (AvgIpc) is 3.27. The highest BCUT2D eigenvalue weighted by atomic mass is 32.2. The molecule has 1 amide bonds. The van der Waals surface area contributed by atoms with E-state index in [4.69, 9.17) is 0 Å². The molecule has 0 bridgehead atoms. The maximum Gasteiger partial charge on any atom is 0.264 e. The van der Waals surface area contributed by atoms with Gasteiger partial charge in [0.1, 0.15) is 5.82 Å². The number of hydrogen-bond acceptors (Lipinski definition) is 4. The van der Waals surface area contributed by atoms with E-state index in [1.165, 1.54) is 35.6 Å². The van der Waals surface area contributed by atoms with Crippen LogP contribution in [-0.2, 0) is 14.8 Å². The molecule has 4 rings (SSSR count). The molecule has 1 atom stereocenters. The molecule has 3 aromatic rings. The van der Waals surface area contributed by atoms with Gasteiger partial charge in [-0.25, -0.2) is 12.8 Å². The van der Waals surface area contributed by atoms with Gasteiger partial charge in [0.2, 0.25) is 5.91 Å². The number of halogens is 1. The predicted octanol–water partition coefficient (Wildman–Crippen LogP) is 4.43. The van der Waals surface area contributed by atoms with Gasteiger partial charge in [0.05, 0.1) is 17.1 Å². The number of likely N-dealkylation sites (tertiary alicyclic amines) is 1. The standard InChI is InChI=1S/C25H26FN3O3S/c1-28(22-8-3-2-4-9-22)33(31,32)23-10-5-7-21(17-23)27-25(30)18-29-16-6-11-24(29)19-12-14-20(26)15-13-19/h2-5,7-10,12-15,17,24H,6,11,16,18H2,1H3,(H,27,30). The van der Waals surface area contributed by atoms with Crippen molar-refractivity contribution in [2.24, 2.45) is 0 Å². The van der Waals surface area contributed by atoms with Gasteiger partial charge < -0.3 is 5.32 Å². The number of hydrogen-bond donors (Lipinski definition) is 1. The Kier molecular flexibility index (Phi) is 6.76. The molecule has 172 valence electrons. The fourth-order valence-corrected chi connectivity index (χ4v) is 5.37. The number of anilines is 2. The fourth-order valence-electron chi connectivity index (χ4n) is 4.13. The van der Waals surface area contributed by atoms with E-state index < -0.39 is 10.0 Å². The Hall–Kier alpha value is -3.23. The van der Waals surface area contributed by atoms with Crippen LogP contribution in [0.1, 0.15) is 24.4 Å². The van der Waals surface area contributed by atoms with Crippen molar-refractivity contribution >= 4 is 27.3 Å². The number of carbonyl (C=O) groups excluding carboxylic acids is 1. The Morgan fingerprint density at radius 3 is 2.52 bits per heavy atom. The molecule has 0 spiro atoms. The van der Waals surface area contributed by atoms with Crippen LogP contribution in [0.15, 0.2) is 83.8 Å². The summed E-state index contributed by atoms with van der Waals surface area (Å²) in [6, 6.07) is 21.5. The van der Waals surface area contributed by atoms with Crippen molar-refractivity contribution in [2.45, 2.75) is 23.8 Å². The summed E-state index contributed by atoms with van der Waals surface area (Å²) in [5.74, 6) is -0.510. The summed E-state index contributed by atoms with van der Waals surface area (Å²) < 4.78 is 40.6. The number of nitrogens with one attached hydrogen (secondary N) is 1. The maximum atomic E-state index is 13.3. The van der Waals surface area contributed by atoms with Gasteiger partial charge in [-0.2, -0.15) is 0 Å². The third-order valence-electron chi connectivity index (χ3n) is 5.86. The van der Waals surface area contributed by atoms with Crippen molar-refractivity contribution in [3.63, 3.8) is 0 Å². The minimum absolute atomic E-state index is 0.0579. The third kappa shape index (κ3) is 5.23. The molecule has 1 heterocycles. The summed E-state index contributed by atoms with van der Waals surface area (Å²) in [5, 5.41) is 2.82. The molecule has 33 heavy (non-hydrogen) atoms. The number of rotatable bonds is 7. The van der Waals surface area contributed by atoms with Crippen molar-refractivity contribution in [2.75, 3.05) is 29.8 Å². The average molecular weight is 468 g/mol. The lowest BCUT2D eigenvalue weighted by Gasteiger charge is -2.24. The summed E-state index contributed by atoms with van der Waals surface area (Å²) in [6.45, 7) is 0.939. The molecule has 1 N–H and O–H groups in total. The van der Waals surface area contributed by atoms with Crippen LogP contribution in [-0.4, -0.2) is 39.4 Å². The van der Waals surface area contributed by atoms with E-state index in [1.54, 1.807) is 48.5 Å². The molecular weight excluding hydrogens is 441 g/mol. The van der Waals surface area contributed by atoms with Crippen LogP contribution < -0.4 is 9.62 Å². The molecule has 1 saturated heterocycles. The van der Waals surface area contributed by atoms with Crippen molar-refractivity contribution < 1.29 is 17.6 Å². The van der Waals surface area contributed by atoms with Gasteiger partial charge in [0, 0.05) is 18.8 Å². The van der Waals surface area contributed by atoms with Gasteiger partial charge in [-0.1, -0.05) is 36.4 Å². The Morgan fingerprint density at radius 2 is 1.79 bits per heavy atom. The van der Waals surface area contributed by atoms with Crippen LogP contribution in [0.5, 0.6) is 0 Å². The van der Waals surface area contributed by atoms with E-state index in [0.29, 0.717) is 11.4 Å². The highest BCUT2D eigenvalue weighted by Crippen LogP contribution is 2.31. The number of sulfonamides is 1. The first kappa shape index (κ1) is 22.9. The van der Waals surface area contributed by atoms with Gasteiger partial charge in [-0.15, -0.1) is 0 Å². The summed E-state index contributed by atoms with van der Waals surface area (Å²) >= 11 is 0. The molecule has 0 aliphatic carbocycles. The zero-order valence-electron chi connectivity index (χ0n) is 18.3.